The molecule has 0 radical (unpaired) electrons. The number of rotatable bonds is 8. The minimum absolute atomic E-state index is 0.171. The first-order valence-electron chi connectivity index (χ1n) is 7.33. The fourth-order valence-corrected chi connectivity index (χ4v) is 2.00. The van der Waals surface area contributed by atoms with Crippen LogP contribution in [0.4, 0.5) is 0 Å². The maximum Gasteiger partial charge on any atom is 0.336 e. The van der Waals surface area contributed by atoms with E-state index in [2.05, 4.69) is 5.32 Å². The first kappa shape index (κ1) is 18.1. The Labute approximate surface area is 130 Å². The smallest absolute Gasteiger partial charge is 0.336 e. The van der Waals surface area contributed by atoms with Crippen molar-refractivity contribution in [2.45, 2.75) is 39.0 Å². The summed E-state index contributed by atoms with van der Waals surface area (Å²) in [5.74, 6) is -1.18. The Bertz CT molecular complexity index is 477. The van der Waals surface area contributed by atoms with E-state index in [1.165, 1.54) is 0 Å². The molecule has 22 heavy (non-hydrogen) atoms. The van der Waals surface area contributed by atoms with Gasteiger partial charge in [-0.05, 0) is 26.3 Å². The number of aliphatic hydroxyl groups is 1. The second-order valence-corrected chi connectivity index (χ2v) is 4.73. The summed E-state index contributed by atoms with van der Waals surface area (Å²) in [5, 5.41) is 13.2. The molecular weight excluding hydrogens is 286 g/mol. The average molecular weight is 309 g/mol. The highest BCUT2D eigenvalue weighted by molar-refractivity contribution is 5.77. The molecule has 0 fully saturated rings. The highest BCUT2D eigenvalue weighted by atomic mass is 16.5. The molecule has 1 aromatic rings. The SMILES string of the molecule is CCOC(=O)C(C)N[C@H](c1ccccc1)[C@@H](O)C(=O)OCC. The van der Waals surface area contributed by atoms with E-state index in [0.29, 0.717) is 5.56 Å². The number of nitrogens with one attached hydrogen (secondary N) is 1. The van der Waals surface area contributed by atoms with Crippen molar-refractivity contribution < 1.29 is 24.2 Å². The third-order valence-corrected chi connectivity index (χ3v) is 3.07. The van der Waals surface area contributed by atoms with Crippen LogP contribution in [0, 0.1) is 0 Å². The first-order valence-corrected chi connectivity index (χ1v) is 7.33. The standard InChI is InChI=1S/C16H23NO5/c1-4-21-15(19)11(3)17-13(12-9-7-6-8-10-12)14(18)16(20)22-5-2/h6-11,13-14,17-18H,4-5H2,1-3H3/t11?,13-,14-/m1/s1. The lowest BCUT2D eigenvalue weighted by molar-refractivity contribution is -0.156. The van der Waals surface area contributed by atoms with Crippen LogP contribution in [0.25, 0.3) is 0 Å². The topological polar surface area (TPSA) is 84.9 Å². The van der Waals surface area contributed by atoms with E-state index in [0.717, 1.165) is 0 Å². The lowest BCUT2D eigenvalue weighted by Crippen LogP contribution is -2.45. The number of aliphatic hydroxyl groups excluding tert-OH is 1. The van der Waals surface area contributed by atoms with Crippen LogP contribution in [0.1, 0.15) is 32.4 Å². The molecule has 0 saturated carbocycles. The summed E-state index contributed by atoms with van der Waals surface area (Å²) in [6, 6.07) is 7.49. The quantitative estimate of drug-likeness (QED) is 0.702. The van der Waals surface area contributed by atoms with Gasteiger partial charge in [0.15, 0.2) is 6.10 Å². The van der Waals surface area contributed by atoms with E-state index in [4.69, 9.17) is 9.47 Å². The van der Waals surface area contributed by atoms with Gasteiger partial charge in [0.2, 0.25) is 0 Å². The van der Waals surface area contributed by atoms with Crippen LogP contribution in [-0.2, 0) is 19.1 Å². The molecule has 0 aliphatic rings. The molecular formula is C16H23NO5. The molecule has 0 aliphatic heterocycles. The monoisotopic (exact) mass is 309 g/mol. The Hall–Kier alpha value is -1.92. The van der Waals surface area contributed by atoms with Crippen molar-refractivity contribution in [1.29, 1.82) is 0 Å². The molecule has 122 valence electrons. The van der Waals surface area contributed by atoms with Crippen LogP contribution in [0.15, 0.2) is 30.3 Å². The first-order chi connectivity index (χ1) is 10.5. The molecule has 0 aliphatic carbocycles. The van der Waals surface area contributed by atoms with Gasteiger partial charge in [-0.2, -0.15) is 0 Å². The predicted molar refractivity (Wildman–Crippen MR) is 81.1 cm³/mol. The van der Waals surface area contributed by atoms with Gasteiger partial charge in [-0.15, -0.1) is 0 Å². The molecule has 6 nitrogen and oxygen atoms in total. The molecule has 1 rings (SSSR count). The van der Waals surface area contributed by atoms with Crippen LogP contribution in [-0.4, -0.2) is 42.4 Å². The van der Waals surface area contributed by atoms with E-state index in [9.17, 15) is 14.7 Å². The summed E-state index contributed by atoms with van der Waals surface area (Å²) in [4.78, 5) is 23.6. The Morgan fingerprint density at radius 2 is 1.64 bits per heavy atom. The molecule has 0 aromatic heterocycles. The summed E-state index contributed by atoms with van der Waals surface area (Å²) in [6.45, 7) is 5.43. The van der Waals surface area contributed by atoms with Crippen molar-refractivity contribution in [2.75, 3.05) is 13.2 Å². The summed E-state index contributed by atoms with van der Waals surface area (Å²) in [6.07, 6.45) is -1.42. The average Bonchev–Trinajstić information content (AvgIpc) is 2.53. The normalized spacial score (nSPS) is 14.7. The minimum atomic E-state index is -1.42. The molecule has 0 amide bonds. The van der Waals surface area contributed by atoms with Gasteiger partial charge in [-0.1, -0.05) is 30.3 Å². The van der Waals surface area contributed by atoms with Crippen LogP contribution >= 0.6 is 0 Å². The largest absolute Gasteiger partial charge is 0.465 e. The molecule has 0 heterocycles. The van der Waals surface area contributed by atoms with Crippen molar-refractivity contribution in [3.63, 3.8) is 0 Å². The van der Waals surface area contributed by atoms with Gasteiger partial charge in [0.05, 0.1) is 19.3 Å². The van der Waals surface area contributed by atoms with Crippen molar-refractivity contribution in [2.24, 2.45) is 0 Å². The van der Waals surface area contributed by atoms with Gasteiger partial charge in [0.25, 0.3) is 0 Å². The van der Waals surface area contributed by atoms with Crippen LogP contribution in [0.3, 0.4) is 0 Å². The predicted octanol–water partition coefficient (Wildman–Crippen LogP) is 1.19. The molecule has 0 bridgehead atoms. The molecule has 2 N–H and O–H groups in total. The van der Waals surface area contributed by atoms with Crippen molar-refractivity contribution in [1.82, 2.24) is 5.32 Å². The Balaban J connectivity index is 2.92. The maximum absolute atomic E-state index is 11.8. The van der Waals surface area contributed by atoms with Crippen LogP contribution in [0.2, 0.25) is 0 Å². The fourth-order valence-electron chi connectivity index (χ4n) is 2.00. The zero-order valence-corrected chi connectivity index (χ0v) is 13.1. The van der Waals surface area contributed by atoms with Crippen LogP contribution < -0.4 is 5.32 Å². The summed E-state index contributed by atoms with van der Waals surface area (Å²) >= 11 is 0. The third kappa shape index (κ3) is 5.13. The summed E-state index contributed by atoms with van der Waals surface area (Å²) in [5.41, 5.74) is 0.680. The number of benzene rings is 1. The van der Waals surface area contributed by atoms with Crippen molar-refractivity contribution in [3.8, 4) is 0 Å². The van der Waals surface area contributed by atoms with E-state index in [-0.39, 0.29) is 13.2 Å². The molecule has 1 unspecified atom stereocenters. The van der Waals surface area contributed by atoms with Gasteiger partial charge < -0.3 is 14.6 Å². The van der Waals surface area contributed by atoms with Crippen LogP contribution in [0.5, 0.6) is 0 Å². The van der Waals surface area contributed by atoms with Gasteiger partial charge in [0, 0.05) is 0 Å². The number of hydrogen-bond donors (Lipinski definition) is 2. The molecule has 6 heteroatoms. The second-order valence-electron chi connectivity index (χ2n) is 4.73. The van der Waals surface area contributed by atoms with E-state index in [1.54, 1.807) is 45.0 Å². The van der Waals surface area contributed by atoms with E-state index < -0.39 is 30.1 Å². The van der Waals surface area contributed by atoms with Crippen molar-refractivity contribution in [3.05, 3.63) is 35.9 Å². The lowest BCUT2D eigenvalue weighted by Gasteiger charge is -2.26. The van der Waals surface area contributed by atoms with Crippen molar-refractivity contribution >= 4 is 11.9 Å². The molecule has 1 aromatic carbocycles. The number of ether oxygens (including phenoxy) is 2. The Morgan fingerprint density at radius 3 is 2.18 bits per heavy atom. The number of hydrogen-bond acceptors (Lipinski definition) is 6. The number of esters is 2. The molecule has 0 saturated heterocycles. The number of carbonyl (C=O) groups excluding carboxylic acids is 2. The fraction of sp³-hybridized carbons (Fsp3) is 0.500. The zero-order valence-electron chi connectivity index (χ0n) is 13.1. The lowest BCUT2D eigenvalue weighted by atomic mass is 10.0. The second kappa shape index (κ2) is 9.17. The van der Waals surface area contributed by atoms with E-state index in [1.807, 2.05) is 6.07 Å². The third-order valence-electron chi connectivity index (χ3n) is 3.07. The highest BCUT2D eigenvalue weighted by Crippen LogP contribution is 2.19. The maximum atomic E-state index is 11.8. The highest BCUT2D eigenvalue weighted by Gasteiger charge is 2.31. The Morgan fingerprint density at radius 1 is 1.09 bits per heavy atom. The summed E-state index contributed by atoms with van der Waals surface area (Å²) in [7, 11) is 0. The molecule has 3 atom stereocenters. The minimum Gasteiger partial charge on any atom is -0.465 e. The number of carbonyl (C=O) groups is 2. The molecule has 0 spiro atoms. The van der Waals surface area contributed by atoms with Gasteiger partial charge in [-0.3, -0.25) is 10.1 Å². The van der Waals surface area contributed by atoms with Gasteiger partial charge in [0.1, 0.15) is 6.04 Å². The zero-order chi connectivity index (χ0) is 16.5. The Kier molecular flexibility index (Phi) is 7.56. The summed E-state index contributed by atoms with van der Waals surface area (Å²) < 4.78 is 9.78. The van der Waals surface area contributed by atoms with E-state index >= 15 is 0 Å². The van der Waals surface area contributed by atoms with Gasteiger partial charge >= 0.3 is 11.9 Å². The van der Waals surface area contributed by atoms with Gasteiger partial charge in [-0.25, -0.2) is 4.79 Å².